The highest BCUT2D eigenvalue weighted by Crippen LogP contribution is 2.28. The molecule has 2 atom stereocenters. The van der Waals surface area contributed by atoms with Crippen molar-refractivity contribution >= 4 is 40.9 Å². The van der Waals surface area contributed by atoms with Gasteiger partial charge in [-0.3, -0.25) is 25.2 Å². The van der Waals surface area contributed by atoms with E-state index < -0.39 is 29.8 Å². The number of aliphatic hydroxyl groups excluding tert-OH is 2. The summed E-state index contributed by atoms with van der Waals surface area (Å²) >= 11 is 5.82. The van der Waals surface area contributed by atoms with Crippen molar-refractivity contribution in [1.82, 2.24) is 25.5 Å². The summed E-state index contributed by atoms with van der Waals surface area (Å²) in [6, 6.07) is 16.9. The van der Waals surface area contributed by atoms with E-state index in [1.165, 1.54) is 0 Å². The third-order valence-electron chi connectivity index (χ3n) is 8.38. The highest BCUT2D eigenvalue weighted by molar-refractivity contribution is 6.31. The quantitative estimate of drug-likeness (QED) is 0.0298. The summed E-state index contributed by atoms with van der Waals surface area (Å²) in [5.74, 6) is -1.79. The summed E-state index contributed by atoms with van der Waals surface area (Å²) in [5, 5.41) is 34.9. The minimum Gasteiger partial charge on any atom is -0.506 e. The lowest BCUT2D eigenvalue weighted by Gasteiger charge is -2.28. The number of unbranched alkanes of at least 4 members (excludes halogenated alkanes) is 4. The first-order valence-electron chi connectivity index (χ1n) is 17.7. The normalized spacial score (nSPS) is 15.8. The van der Waals surface area contributed by atoms with E-state index in [2.05, 4.69) is 27.5 Å². The predicted molar refractivity (Wildman–Crippen MR) is 201 cm³/mol. The fourth-order valence-electron chi connectivity index (χ4n) is 5.48. The number of carbonyl (C=O) groups is 2. The molecule has 4 rings (SSSR count). The van der Waals surface area contributed by atoms with Crippen LogP contribution in [0.1, 0.15) is 73.4 Å². The number of nitrogens with two attached hydrogens (primary N) is 2. The first kappa shape index (κ1) is 40.8. The van der Waals surface area contributed by atoms with Gasteiger partial charge in [0.2, 0.25) is 17.8 Å². The van der Waals surface area contributed by atoms with E-state index in [-0.39, 0.29) is 47.4 Å². The van der Waals surface area contributed by atoms with Gasteiger partial charge in [0.05, 0.1) is 0 Å². The van der Waals surface area contributed by atoms with Crippen LogP contribution in [0.5, 0.6) is 5.75 Å². The Morgan fingerprint density at radius 3 is 2.55 bits per heavy atom. The first-order valence-corrected chi connectivity index (χ1v) is 18.1. The van der Waals surface area contributed by atoms with E-state index in [0.717, 1.165) is 50.5 Å². The maximum Gasteiger partial charge on any atom is 0.280 e. The predicted octanol–water partition coefficient (Wildman–Crippen LogP) is 4.28. The Hall–Kier alpha value is -4.96. The summed E-state index contributed by atoms with van der Waals surface area (Å²) in [6.07, 6.45) is 4.36. The molecule has 0 bridgehead atoms. The van der Waals surface area contributed by atoms with Crippen LogP contribution in [-0.4, -0.2) is 88.2 Å². The Labute approximate surface area is 314 Å². The molecule has 2 heterocycles. The SMILES string of the molecule is CCCCCCN(CCOc1ccc(CCCCNC(=N)NC(=O)c2nc(Cl)c(N)nc2N)cc1)C[C@H](O)/C(O)=C1\OC(c2ccccc2)OCC1=O. The number of anilines is 2. The number of ether oxygens (including phenoxy) is 3. The molecule has 1 saturated heterocycles. The van der Waals surface area contributed by atoms with Crippen LogP contribution in [0.3, 0.4) is 0 Å². The molecule has 0 radical (unpaired) electrons. The largest absolute Gasteiger partial charge is 0.506 e. The number of halogens is 1. The van der Waals surface area contributed by atoms with Gasteiger partial charge in [-0.25, -0.2) is 9.97 Å². The number of nitrogen functional groups attached to an aromatic ring is 2. The van der Waals surface area contributed by atoms with Gasteiger partial charge in [0.15, 0.2) is 34.2 Å². The van der Waals surface area contributed by atoms with Gasteiger partial charge in [0.25, 0.3) is 5.91 Å². The van der Waals surface area contributed by atoms with E-state index in [1.807, 2.05) is 47.4 Å². The molecule has 1 aliphatic heterocycles. The Kier molecular flexibility index (Phi) is 16.1. The third kappa shape index (κ3) is 12.9. The zero-order chi connectivity index (χ0) is 38.2. The molecule has 0 spiro atoms. The summed E-state index contributed by atoms with van der Waals surface area (Å²) < 4.78 is 17.2. The number of carbonyl (C=O) groups excluding carboxylic acids is 2. The number of ketones is 1. The van der Waals surface area contributed by atoms with Crippen molar-refractivity contribution < 1.29 is 34.0 Å². The molecule has 2 aromatic carbocycles. The molecule has 1 aromatic heterocycles. The number of guanidine groups is 1. The molecule has 1 aliphatic rings. The van der Waals surface area contributed by atoms with E-state index in [0.29, 0.717) is 37.6 Å². The monoisotopic (exact) mass is 752 g/mol. The molecule has 1 amide bonds. The Bertz CT molecular complexity index is 1690. The first-order chi connectivity index (χ1) is 25.5. The van der Waals surface area contributed by atoms with E-state index >= 15 is 0 Å². The Morgan fingerprint density at radius 2 is 1.81 bits per heavy atom. The van der Waals surface area contributed by atoms with Crippen LogP contribution in [0, 0.1) is 5.41 Å². The van der Waals surface area contributed by atoms with Crippen LogP contribution in [0.4, 0.5) is 11.6 Å². The van der Waals surface area contributed by atoms with E-state index in [9.17, 15) is 19.8 Å². The van der Waals surface area contributed by atoms with Crippen LogP contribution in [0.25, 0.3) is 0 Å². The van der Waals surface area contributed by atoms with Crippen LogP contribution < -0.4 is 26.8 Å². The van der Waals surface area contributed by atoms with E-state index in [4.69, 9.17) is 42.7 Å². The molecule has 16 heteroatoms. The molecule has 9 N–H and O–H groups in total. The van der Waals surface area contributed by atoms with Gasteiger partial charge in [0, 0.05) is 25.2 Å². The molecule has 1 fully saturated rings. The molecule has 15 nitrogen and oxygen atoms in total. The molecular formula is C37H49ClN8O7. The highest BCUT2D eigenvalue weighted by Gasteiger charge is 2.32. The number of hydrogen-bond donors (Lipinski definition) is 7. The lowest BCUT2D eigenvalue weighted by molar-refractivity contribution is -0.172. The standard InChI is InChI=1S/C37H49ClN8O7/c1-2-3-4-10-19-46(22-27(47)30(49)31-28(48)23-52-36(53-31)25-12-6-5-7-13-25)20-21-51-26-16-14-24(15-17-26)11-8-9-18-42-37(41)45-35(50)29-33(39)44-34(40)32(38)43-29/h5-7,12-17,27,36,47,49H,2-4,8-11,18-23H2,1H3,(H4,39,40,44)(H3,41,42,45,50)/b31-30+/t27-,36?/m0/s1. The van der Waals surface area contributed by atoms with Crippen LogP contribution in [-0.2, 0) is 20.7 Å². The second-order valence-corrected chi connectivity index (χ2v) is 12.9. The van der Waals surface area contributed by atoms with Crippen molar-refractivity contribution in [3.05, 3.63) is 88.1 Å². The van der Waals surface area contributed by atoms with Gasteiger partial charge < -0.3 is 41.2 Å². The fourth-order valence-corrected chi connectivity index (χ4v) is 5.61. The van der Waals surface area contributed by atoms with Gasteiger partial charge in [-0.2, -0.15) is 0 Å². The van der Waals surface area contributed by atoms with Gasteiger partial charge in [-0.15, -0.1) is 0 Å². The van der Waals surface area contributed by atoms with Crippen LogP contribution >= 0.6 is 11.6 Å². The second-order valence-electron chi connectivity index (χ2n) is 12.5. The number of rotatable bonds is 19. The molecule has 0 aliphatic carbocycles. The molecule has 3 aromatic rings. The van der Waals surface area contributed by atoms with Crippen molar-refractivity contribution in [1.29, 1.82) is 5.41 Å². The molecule has 53 heavy (non-hydrogen) atoms. The minimum absolute atomic E-state index is 0.0865. The number of aliphatic hydroxyl groups is 2. The number of Topliss-reactive ketones (excluding diaryl/α,β-unsaturated/α-hetero) is 1. The van der Waals surface area contributed by atoms with Gasteiger partial charge >= 0.3 is 0 Å². The number of amides is 1. The highest BCUT2D eigenvalue weighted by atomic mass is 35.5. The van der Waals surface area contributed by atoms with Gasteiger partial charge in [-0.1, -0.05) is 80.3 Å². The van der Waals surface area contributed by atoms with Crippen LogP contribution in [0.15, 0.2) is 66.1 Å². The number of nitrogens with zero attached hydrogens (tertiary/aromatic N) is 3. The lowest BCUT2D eigenvalue weighted by Crippen LogP contribution is -2.41. The number of benzene rings is 2. The summed E-state index contributed by atoms with van der Waals surface area (Å²) in [7, 11) is 0. The summed E-state index contributed by atoms with van der Waals surface area (Å²) in [5.41, 5.74) is 12.8. The van der Waals surface area contributed by atoms with Crippen molar-refractivity contribution in [2.45, 2.75) is 64.3 Å². The number of hydrogen-bond acceptors (Lipinski definition) is 13. The third-order valence-corrected chi connectivity index (χ3v) is 8.65. The smallest absolute Gasteiger partial charge is 0.280 e. The number of aryl methyl sites for hydroxylation is 1. The summed E-state index contributed by atoms with van der Waals surface area (Å²) in [4.78, 5) is 34.5. The molecule has 286 valence electrons. The fraction of sp³-hybridized carbons (Fsp3) is 0.432. The lowest BCUT2D eigenvalue weighted by atomic mass is 10.1. The number of aromatic nitrogens is 2. The van der Waals surface area contributed by atoms with Crippen molar-refractivity contribution in [2.24, 2.45) is 0 Å². The zero-order valence-corrected chi connectivity index (χ0v) is 30.6. The van der Waals surface area contributed by atoms with Crippen molar-refractivity contribution in [3.63, 3.8) is 0 Å². The number of nitrogens with one attached hydrogen (secondary N) is 3. The van der Waals surface area contributed by atoms with Gasteiger partial charge in [0.1, 0.15) is 25.1 Å². The maximum atomic E-state index is 12.6. The molecule has 0 saturated carbocycles. The molecule has 1 unspecified atom stereocenters. The van der Waals surface area contributed by atoms with Crippen molar-refractivity contribution in [3.8, 4) is 5.75 Å². The topological polar surface area (TPSA) is 231 Å². The minimum atomic E-state index is -1.34. The Balaban J connectivity index is 1.20. The van der Waals surface area contributed by atoms with Crippen LogP contribution in [0.2, 0.25) is 5.15 Å². The molecular weight excluding hydrogens is 704 g/mol. The van der Waals surface area contributed by atoms with Gasteiger partial charge in [-0.05, 0) is 49.9 Å². The zero-order valence-electron chi connectivity index (χ0n) is 29.9. The Morgan fingerprint density at radius 1 is 1.06 bits per heavy atom. The average Bonchev–Trinajstić information content (AvgIpc) is 3.15. The second kappa shape index (κ2) is 20.9. The van der Waals surface area contributed by atoms with E-state index in [1.54, 1.807) is 12.1 Å². The van der Waals surface area contributed by atoms with Crippen molar-refractivity contribution in [2.75, 3.05) is 50.9 Å². The maximum absolute atomic E-state index is 12.6. The average molecular weight is 753 g/mol. The summed E-state index contributed by atoms with van der Waals surface area (Å²) in [6.45, 7) is 3.98.